The normalized spacial score (nSPS) is 36.2. The smallest absolute Gasteiger partial charge is 0.107 e. The highest BCUT2D eigenvalue weighted by atomic mass is 16.6. The highest BCUT2D eigenvalue weighted by Crippen LogP contribution is 2.20. The molecule has 1 heterocycles. The van der Waals surface area contributed by atoms with Gasteiger partial charge in [0.05, 0.1) is 24.9 Å². The Bertz CT molecular complexity index is 136. The molecule has 0 aromatic rings. The summed E-state index contributed by atoms with van der Waals surface area (Å²) in [4.78, 5) is 0. The standard InChI is InChI=1S/C9H18O3/c1-6(2)11-5-9-8(10)4-7(3)12-9/h6-10H,4-5H2,1-3H3. The second-order valence-corrected chi connectivity index (χ2v) is 3.67. The summed E-state index contributed by atoms with van der Waals surface area (Å²) in [5, 5.41) is 9.47. The molecule has 1 rings (SSSR count). The lowest BCUT2D eigenvalue weighted by Crippen LogP contribution is -2.27. The van der Waals surface area contributed by atoms with Crippen LogP contribution in [0.2, 0.25) is 0 Å². The van der Waals surface area contributed by atoms with Crippen LogP contribution in [0.25, 0.3) is 0 Å². The van der Waals surface area contributed by atoms with Crippen molar-refractivity contribution < 1.29 is 14.6 Å². The van der Waals surface area contributed by atoms with Crippen molar-refractivity contribution in [2.75, 3.05) is 6.61 Å². The molecule has 0 aliphatic carbocycles. The molecule has 3 nitrogen and oxygen atoms in total. The van der Waals surface area contributed by atoms with Crippen LogP contribution in [0, 0.1) is 0 Å². The molecule has 0 bridgehead atoms. The Hall–Kier alpha value is -0.120. The highest BCUT2D eigenvalue weighted by molar-refractivity contribution is 4.79. The predicted molar refractivity (Wildman–Crippen MR) is 46.0 cm³/mol. The summed E-state index contributed by atoms with van der Waals surface area (Å²) >= 11 is 0. The molecule has 1 aliphatic rings. The van der Waals surface area contributed by atoms with Crippen molar-refractivity contribution in [2.24, 2.45) is 0 Å². The first-order chi connectivity index (χ1) is 5.59. The second kappa shape index (κ2) is 4.21. The Morgan fingerprint density at radius 3 is 2.67 bits per heavy atom. The van der Waals surface area contributed by atoms with Crippen molar-refractivity contribution in [3.05, 3.63) is 0 Å². The lowest BCUT2D eigenvalue weighted by molar-refractivity contribution is -0.0552. The lowest BCUT2D eigenvalue weighted by Gasteiger charge is -2.15. The number of hydrogen-bond acceptors (Lipinski definition) is 3. The zero-order valence-electron chi connectivity index (χ0n) is 7.99. The van der Waals surface area contributed by atoms with Crippen molar-refractivity contribution in [3.8, 4) is 0 Å². The second-order valence-electron chi connectivity index (χ2n) is 3.67. The molecule has 3 unspecified atom stereocenters. The molecule has 0 saturated carbocycles. The maximum absolute atomic E-state index is 9.47. The van der Waals surface area contributed by atoms with Gasteiger partial charge in [-0.1, -0.05) is 0 Å². The summed E-state index contributed by atoms with van der Waals surface area (Å²) in [5.41, 5.74) is 0. The van der Waals surface area contributed by atoms with E-state index >= 15 is 0 Å². The van der Waals surface area contributed by atoms with Crippen molar-refractivity contribution in [1.29, 1.82) is 0 Å². The van der Waals surface area contributed by atoms with Gasteiger partial charge in [0.15, 0.2) is 0 Å². The monoisotopic (exact) mass is 174 g/mol. The minimum absolute atomic E-state index is 0.123. The van der Waals surface area contributed by atoms with E-state index in [2.05, 4.69) is 0 Å². The molecule has 0 aromatic heterocycles. The summed E-state index contributed by atoms with van der Waals surface area (Å²) in [6.45, 7) is 6.43. The average Bonchev–Trinajstić information content (AvgIpc) is 2.26. The summed E-state index contributed by atoms with van der Waals surface area (Å²) < 4.78 is 10.8. The number of hydrogen-bond donors (Lipinski definition) is 1. The molecule has 72 valence electrons. The Labute approximate surface area is 73.7 Å². The fourth-order valence-electron chi connectivity index (χ4n) is 1.37. The van der Waals surface area contributed by atoms with Gasteiger partial charge >= 0.3 is 0 Å². The van der Waals surface area contributed by atoms with E-state index in [4.69, 9.17) is 9.47 Å². The van der Waals surface area contributed by atoms with Gasteiger partial charge in [0.2, 0.25) is 0 Å². The Morgan fingerprint density at radius 1 is 1.58 bits per heavy atom. The molecule has 0 spiro atoms. The molecular formula is C9H18O3. The van der Waals surface area contributed by atoms with Crippen LogP contribution in [0.4, 0.5) is 0 Å². The maximum Gasteiger partial charge on any atom is 0.107 e. The molecule has 0 radical (unpaired) electrons. The van der Waals surface area contributed by atoms with Gasteiger partial charge in [0, 0.05) is 6.42 Å². The van der Waals surface area contributed by atoms with Gasteiger partial charge < -0.3 is 14.6 Å². The fraction of sp³-hybridized carbons (Fsp3) is 1.00. The van der Waals surface area contributed by atoms with E-state index in [1.807, 2.05) is 20.8 Å². The first-order valence-corrected chi connectivity index (χ1v) is 4.54. The van der Waals surface area contributed by atoms with Crippen molar-refractivity contribution in [2.45, 2.75) is 51.6 Å². The van der Waals surface area contributed by atoms with Gasteiger partial charge in [-0.2, -0.15) is 0 Å². The van der Waals surface area contributed by atoms with E-state index in [-0.39, 0.29) is 24.4 Å². The van der Waals surface area contributed by atoms with E-state index in [1.165, 1.54) is 0 Å². The first-order valence-electron chi connectivity index (χ1n) is 4.54. The van der Waals surface area contributed by atoms with Gasteiger partial charge in [0.1, 0.15) is 6.10 Å². The van der Waals surface area contributed by atoms with E-state index < -0.39 is 0 Å². The summed E-state index contributed by atoms with van der Waals surface area (Å²) in [6, 6.07) is 0. The SMILES string of the molecule is CC(C)OCC1OC(C)CC1O. The van der Waals surface area contributed by atoms with Crippen molar-refractivity contribution in [1.82, 2.24) is 0 Å². The molecule has 3 atom stereocenters. The maximum atomic E-state index is 9.47. The fourth-order valence-corrected chi connectivity index (χ4v) is 1.37. The molecule has 0 amide bonds. The zero-order chi connectivity index (χ0) is 9.14. The summed E-state index contributed by atoms with van der Waals surface area (Å²) in [7, 11) is 0. The molecule has 1 N–H and O–H groups in total. The van der Waals surface area contributed by atoms with Gasteiger partial charge in [0.25, 0.3) is 0 Å². The highest BCUT2D eigenvalue weighted by Gasteiger charge is 2.31. The van der Waals surface area contributed by atoms with Crippen LogP contribution in [-0.4, -0.2) is 36.1 Å². The van der Waals surface area contributed by atoms with E-state index in [9.17, 15) is 5.11 Å². The Morgan fingerprint density at radius 2 is 2.25 bits per heavy atom. The van der Waals surface area contributed by atoms with Gasteiger partial charge in [-0.25, -0.2) is 0 Å². The zero-order valence-corrected chi connectivity index (χ0v) is 7.99. The molecule has 1 fully saturated rings. The average molecular weight is 174 g/mol. The van der Waals surface area contributed by atoms with Crippen molar-refractivity contribution in [3.63, 3.8) is 0 Å². The third-order valence-electron chi connectivity index (χ3n) is 2.00. The molecular weight excluding hydrogens is 156 g/mol. The van der Waals surface area contributed by atoms with Crippen molar-refractivity contribution >= 4 is 0 Å². The summed E-state index contributed by atoms with van der Waals surface area (Å²) in [5.74, 6) is 0. The van der Waals surface area contributed by atoms with Gasteiger partial charge in [-0.05, 0) is 20.8 Å². The molecule has 12 heavy (non-hydrogen) atoms. The van der Waals surface area contributed by atoms with E-state index in [0.717, 1.165) is 6.42 Å². The number of aliphatic hydroxyl groups excluding tert-OH is 1. The van der Waals surface area contributed by atoms with E-state index in [1.54, 1.807) is 0 Å². The number of rotatable bonds is 3. The number of aliphatic hydroxyl groups is 1. The minimum atomic E-state index is -0.348. The lowest BCUT2D eigenvalue weighted by atomic mass is 10.1. The van der Waals surface area contributed by atoms with E-state index in [0.29, 0.717) is 6.61 Å². The topological polar surface area (TPSA) is 38.7 Å². The van der Waals surface area contributed by atoms with Crippen LogP contribution in [0.3, 0.4) is 0 Å². The van der Waals surface area contributed by atoms with Crippen LogP contribution in [0.15, 0.2) is 0 Å². The molecule has 1 saturated heterocycles. The van der Waals surface area contributed by atoms with Crippen LogP contribution in [0.5, 0.6) is 0 Å². The third-order valence-corrected chi connectivity index (χ3v) is 2.00. The third kappa shape index (κ3) is 2.73. The minimum Gasteiger partial charge on any atom is -0.390 e. The van der Waals surface area contributed by atoms with Crippen LogP contribution in [0.1, 0.15) is 27.2 Å². The molecule has 1 aliphatic heterocycles. The van der Waals surface area contributed by atoms with Gasteiger partial charge in [-0.3, -0.25) is 0 Å². The number of ether oxygens (including phenoxy) is 2. The van der Waals surface area contributed by atoms with Crippen LogP contribution in [-0.2, 0) is 9.47 Å². The largest absolute Gasteiger partial charge is 0.390 e. The summed E-state index contributed by atoms with van der Waals surface area (Å²) in [6.07, 6.45) is 0.630. The predicted octanol–water partition coefficient (Wildman–Crippen LogP) is 0.950. The van der Waals surface area contributed by atoms with Gasteiger partial charge in [-0.15, -0.1) is 0 Å². The van der Waals surface area contributed by atoms with Crippen LogP contribution < -0.4 is 0 Å². The molecule has 3 heteroatoms. The van der Waals surface area contributed by atoms with Crippen LogP contribution >= 0.6 is 0 Å². The first kappa shape index (κ1) is 9.96. The Kier molecular flexibility index (Phi) is 3.50. The molecule has 0 aromatic carbocycles. The Balaban J connectivity index is 2.23. The quantitative estimate of drug-likeness (QED) is 0.692.